The number of benzene rings is 2. The summed E-state index contributed by atoms with van der Waals surface area (Å²) in [6, 6.07) is 12.6. The fourth-order valence-electron chi connectivity index (χ4n) is 2.58. The van der Waals surface area contributed by atoms with Crippen molar-refractivity contribution < 1.29 is 9.53 Å². The molecule has 122 valence electrons. The first kappa shape index (κ1) is 16.4. The van der Waals surface area contributed by atoms with Gasteiger partial charge in [0, 0.05) is 4.47 Å². The van der Waals surface area contributed by atoms with Gasteiger partial charge in [0.25, 0.3) is 5.56 Å². The first-order valence-electron chi connectivity index (χ1n) is 7.34. The molecule has 1 heterocycles. The summed E-state index contributed by atoms with van der Waals surface area (Å²) < 4.78 is 6.99. The smallest absolute Gasteiger partial charge is 0.339 e. The van der Waals surface area contributed by atoms with Crippen molar-refractivity contribution in [3.63, 3.8) is 0 Å². The quantitative estimate of drug-likeness (QED) is 0.647. The van der Waals surface area contributed by atoms with Gasteiger partial charge in [-0.25, -0.2) is 9.78 Å². The molecule has 0 bridgehead atoms. The van der Waals surface area contributed by atoms with Crippen molar-refractivity contribution >= 4 is 32.8 Å². The summed E-state index contributed by atoms with van der Waals surface area (Å²) in [5, 5.41) is 0.591. The van der Waals surface area contributed by atoms with Gasteiger partial charge < -0.3 is 4.74 Å². The topological polar surface area (TPSA) is 61.2 Å². The molecule has 0 spiro atoms. The van der Waals surface area contributed by atoms with Crippen molar-refractivity contribution in [1.82, 2.24) is 9.55 Å². The van der Waals surface area contributed by atoms with E-state index >= 15 is 0 Å². The predicted molar refractivity (Wildman–Crippen MR) is 95.3 cm³/mol. The fourth-order valence-corrected chi connectivity index (χ4v) is 3.17. The van der Waals surface area contributed by atoms with Crippen LogP contribution in [0.25, 0.3) is 10.9 Å². The predicted octanol–water partition coefficient (Wildman–Crippen LogP) is 3.30. The van der Waals surface area contributed by atoms with Gasteiger partial charge in [0.1, 0.15) is 5.82 Å². The van der Waals surface area contributed by atoms with Crippen LogP contribution in [0.15, 0.2) is 51.7 Å². The Morgan fingerprint density at radius 1 is 1.25 bits per heavy atom. The van der Waals surface area contributed by atoms with E-state index in [0.717, 1.165) is 5.56 Å². The Bertz CT molecular complexity index is 995. The highest BCUT2D eigenvalue weighted by molar-refractivity contribution is 9.10. The Morgan fingerprint density at radius 3 is 2.71 bits per heavy atom. The number of carbonyl (C=O) groups excluding carboxylic acids is 1. The van der Waals surface area contributed by atoms with Crippen LogP contribution in [0.2, 0.25) is 0 Å². The lowest BCUT2D eigenvalue weighted by atomic mass is 10.1. The van der Waals surface area contributed by atoms with Crippen LogP contribution in [-0.2, 0) is 11.3 Å². The molecule has 2 aromatic carbocycles. The fraction of sp³-hybridized carbons (Fsp3) is 0.167. The summed E-state index contributed by atoms with van der Waals surface area (Å²) >= 11 is 3.37. The Kier molecular flexibility index (Phi) is 4.49. The number of methoxy groups -OCH3 is 1. The normalized spacial score (nSPS) is 10.8. The summed E-state index contributed by atoms with van der Waals surface area (Å²) in [5.74, 6) is 0.237. The van der Waals surface area contributed by atoms with E-state index in [-0.39, 0.29) is 5.56 Å². The van der Waals surface area contributed by atoms with Crippen LogP contribution < -0.4 is 5.56 Å². The second-order valence-electron chi connectivity index (χ2n) is 5.37. The number of nitrogens with zero attached hydrogens (tertiary/aromatic N) is 2. The van der Waals surface area contributed by atoms with Crippen LogP contribution in [0.1, 0.15) is 21.7 Å². The first-order valence-corrected chi connectivity index (χ1v) is 8.13. The molecule has 6 heteroatoms. The number of ether oxygens (including phenoxy) is 1. The summed E-state index contributed by atoms with van der Waals surface area (Å²) in [5.41, 5.74) is 1.95. The van der Waals surface area contributed by atoms with Gasteiger partial charge >= 0.3 is 5.97 Å². The Morgan fingerprint density at radius 2 is 2.00 bits per heavy atom. The maximum atomic E-state index is 12.7. The van der Waals surface area contributed by atoms with Crippen molar-refractivity contribution in [2.45, 2.75) is 13.5 Å². The summed E-state index contributed by atoms with van der Waals surface area (Å²) in [6.07, 6.45) is 0. The molecule has 5 nitrogen and oxygen atoms in total. The Hall–Kier alpha value is -2.47. The van der Waals surface area contributed by atoms with E-state index in [0.29, 0.717) is 33.3 Å². The molecule has 0 aliphatic heterocycles. The molecule has 1 aromatic heterocycles. The summed E-state index contributed by atoms with van der Waals surface area (Å²) in [7, 11) is 1.34. The molecule has 0 saturated heterocycles. The van der Waals surface area contributed by atoms with Gasteiger partial charge in [0.2, 0.25) is 0 Å². The number of esters is 1. The number of para-hydroxylation sites is 1. The van der Waals surface area contributed by atoms with Gasteiger partial charge in [-0.15, -0.1) is 0 Å². The first-order chi connectivity index (χ1) is 11.5. The van der Waals surface area contributed by atoms with Gasteiger partial charge in [-0.3, -0.25) is 9.36 Å². The zero-order valence-electron chi connectivity index (χ0n) is 13.2. The van der Waals surface area contributed by atoms with Gasteiger partial charge in [-0.1, -0.05) is 18.2 Å². The molecule has 0 atom stereocenters. The van der Waals surface area contributed by atoms with Gasteiger partial charge in [0.05, 0.1) is 30.1 Å². The number of hydrogen-bond acceptors (Lipinski definition) is 4. The number of hydrogen-bond donors (Lipinski definition) is 0. The second-order valence-corrected chi connectivity index (χ2v) is 6.23. The molecular formula is C18H15BrN2O3. The standard InChI is InChI=1S/C18H15BrN2O3/c1-11-20-16-6-4-3-5-14(16)17(22)21(11)10-12-7-8-13(15(19)9-12)18(23)24-2/h3-9H,10H2,1-2H3. The Balaban J connectivity index is 2.03. The zero-order chi connectivity index (χ0) is 17.3. The van der Waals surface area contributed by atoms with Gasteiger partial charge in [0.15, 0.2) is 0 Å². The summed E-state index contributed by atoms with van der Waals surface area (Å²) in [6.45, 7) is 2.19. The molecule has 3 rings (SSSR count). The molecule has 0 aliphatic carbocycles. The third-order valence-corrected chi connectivity index (χ3v) is 4.49. The van der Waals surface area contributed by atoms with Crippen molar-refractivity contribution in [3.05, 3.63) is 74.2 Å². The highest BCUT2D eigenvalue weighted by Gasteiger charge is 2.12. The van der Waals surface area contributed by atoms with Crippen LogP contribution in [0.5, 0.6) is 0 Å². The van der Waals surface area contributed by atoms with Crippen molar-refractivity contribution in [2.75, 3.05) is 7.11 Å². The SMILES string of the molecule is COC(=O)c1ccc(Cn2c(C)nc3ccccc3c2=O)cc1Br. The molecule has 24 heavy (non-hydrogen) atoms. The van der Waals surface area contributed by atoms with E-state index in [1.807, 2.05) is 31.2 Å². The molecule has 0 aliphatic rings. The number of fused-ring (bicyclic) bond motifs is 1. The number of aryl methyl sites for hydroxylation is 1. The van der Waals surface area contributed by atoms with Gasteiger partial charge in [-0.05, 0) is 52.7 Å². The third kappa shape index (κ3) is 2.97. The van der Waals surface area contributed by atoms with Crippen molar-refractivity contribution in [3.8, 4) is 0 Å². The molecule has 0 fully saturated rings. The number of aromatic nitrogens is 2. The molecule has 0 radical (unpaired) electrons. The summed E-state index contributed by atoms with van der Waals surface area (Å²) in [4.78, 5) is 28.8. The highest BCUT2D eigenvalue weighted by Crippen LogP contribution is 2.20. The lowest BCUT2D eigenvalue weighted by molar-refractivity contribution is 0.0599. The minimum atomic E-state index is -0.408. The Labute approximate surface area is 147 Å². The maximum Gasteiger partial charge on any atom is 0.339 e. The van der Waals surface area contributed by atoms with E-state index < -0.39 is 5.97 Å². The number of rotatable bonds is 3. The highest BCUT2D eigenvalue weighted by atomic mass is 79.9. The number of halogens is 1. The van der Waals surface area contributed by atoms with E-state index in [1.54, 1.807) is 22.8 Å². The zero-order valence-corrected chi connectivity index (χ0v) is 14.8. The van der Waals surface area contributed by atoms with Crippen LogP contribution in [-0.4, -0.2) is 22.6 Å². The molecular weight excluding hydrogens is 372 g/mol. The number of carbonyl (C=O) groups is 1. The van der Waals surface area contributed by atoms with Crippen molar-refractivity contribution in [2.24, 2.45) is 0 Å². The minimum absolute atomic E-state index is 0.0775. The molecule has 3 aromatic rings. The lowest BCUT2D eigenvalue weighted by Crippen LogP contribution is -2.24. The average Bonchev–Trinajstić information content (AvgIpc) is 2.58. The molecule has 0 N–H and O–H groups in total. The van der Waals surface area contributed by atoms with E-state index in [4.69, 9.17) is 4.74 Å². The third-order valence-electron chi connectivity index (χ3n) is 3.83. The van der Waals surface area contributed by atoms with Gasteiger partial charge in [-0.2, -0.15) is 0 Å². The van der Waals surface area contributed by atoms with Crippen LogP contribution in [0, 0.1) is 6.92 Å². The van der Waals surface area contributed by atoms with Crippen LogP contribution in [0.3, 0.4) is 0 Å². The molecule has 0 amide bonds. The average molecular weight is 387 g/mol. The van der Waals surface area contributed by atoms with E-state index in [1.165, 1.54) is 7.11 Å². The monoisotopic (exact) mass is 386 g/mol. The largest absolute Gasteiger partial charge is 0.465 e. The minimum Gasteiger partial charge on any atom is -0.465 e. The second kappa shape index (κ2) is 6.57. The maximum absolute atomic E-state index is 12.7. The van der Waals surface area contributed by atoms with E-state index in [9.17, 15) is 9.59 Å². The van der Waals surface area contributed by atoms with Crippen LogP contribution >= 0.6 is 15.9 Å². The van der Waals surface area contributed by atoms with E-state index in [2.05, 4.69) is 20.9 Å². The van der Waals surface area contributed by atoms with Crippen LogP contribution in [0.4, 0.5) is 0 Å². The molecule has 0 saturated carbocycles. The molecule has 0 unspecified atom stereocenters. The lowest BCUT2D eigenvalue weighted by Gasteiger charge is -2.12. The van der Waals surface area contributed by atoms with Crippen molar-refractivity contribution in [1.29, 1.82) is 0 Å².